The molecule has 5 aromatic rings. The number of hydrogen-bond acceptors (Lipinski definition) is 18. The predicted molar refractivity (Wildman–Crippen MR) is 335 cm³/mol. The second-order valence-corrected chi connectivity index (χ2v) is 25.3. The zero-order valence-electron chi connectivity index (χ0n) is 53.8. The SMILES string of the molecule is CC[C@H]1OC(=O)[C@H](C)[C@@H](O[C@H]2C[C@@](C)(OC)[C@@H](O)[C@H](C)O2)[C@H](C)[C@@H](O[C@@H]2O[C@H](C)C[C@H](N(C)C(=O)OCc3ccccc3)[C@H]2OC(=O)OCc2ccccc2)[C@](C)(O)C[C@@H](C)/C(=N\OC(c2ccccc2)(c2ccccc2)c2ccccc2)[C@H](C)[C@@H](O)[C@]1(C)O. The molecule has 3 heterocycles. The van der Waals surface area contributed by atoms with E-state index in [9.17, 15) is 30.0 Å². The summed E-state index contributed by atoms with van der Waals surface area (Å²) in [5, 5.41) is 55.7. The zero-order valence-corrected chi connectivity index (χ0v) is 53.8. The Hall–Kier alpha value is -6.78. The Kier molecular flexibility index (Phi) is 23.1. The van der Waals surface area contributed by atoms with Crippen LogP contribution in [-0.4, -0.2) is 148 Å². The van der Waals surface area contributed by atoms with Gasteiger partial charge in [0.25, 0.3) is 0 Å². The third-order valence-corrected chi connectivity index (χ3v) is 18.4. The van der Waals surface area contributed by atoms with Crippen molar-refractivity contribution in [2.75, 3.05) is 14.2 Å². The van der Waals surface area contributed by atoms with Crippen LogP contribution in [0.15, 0.2) is 157 Å². The monoisotopic (exact) mass is 1240 g/mol. The number of rotatable bonds is 17. The normalized spacial score (nSPS) is 33.4. The van der Waals surface area contributed by atoms with Crippen molar-refractivity contribution in [3.63, 3.8) is 0 Å². The zero-order chi connectivity index (χ0) is 65.1. The van der Waals surface area contributed by atoms with Crippen molar-refractivity contribution in [1.82, 2.24) is 4.90 Å². The molecule has 3 aliphatic heterocycles. The Morgan fingerprint density at radius 1 is 0.678 bits per heavy atom. The van der Waals surface area contributed by atoms with E-state index in [-0.39, 0.29) is 44.6 Å². The summed E-state index contributed by atoms with van der Waals surface area (Å²) in [4.78, 5) is 52.0. The van der Waals surface area contributed by atoms with E-state index >= 15 is 4.79 Å². The molecule has 5 aromatic carbocycles. The highest BCUT2D eigenvalue weighted by Gasteiger charge is 2.55. The Morgan fingerprint density at radius 3 is 1.70 bits per heavy atom. The number of methoxy groups -OCH3 is 1. The van der Waals surface area contributed by atoms with Gasteiger partial charge in [0, 0.05) is 55.0 Å². The second-order valence-electron chi connectivity index (χ2n) is 25.3. The number of carbonyl (C=O) groups excluding carboxylic acids is 3. The maximum absolute atomic E-state index is 15.1. The molecule has 488 valence electrons. The molecule has 0 aromatic heterocycles. The molecule has 0 saturated carbocycles. The third-order valence-electron chi connectivity index (χ3n) is 18.4. The van der Waals surface area contributed by atoms with Crippen molar-refractivity contribution in [2.45, 2.75) is 198 Å². The number of oxime groups is 1. The Labute approximate surface area is 529 Å². The largest absolute Gasteiger partial charge is 0.509 e. The minimum Gasteiger partial charge on any atom is -0.459 e. The first-order valence-corrected chi connectivity index (χ1v) is 31.3. The standard InChI is InChI=1S/C71H92N2O17/c1-13-56-70(10,80)61(74)46(4)58(72-90-71(52-33-23-16-24-34-52,53-35-25-17-26-36-53)54-37-27-18-28-38-54)44(2)40-68(8,79)63(47(5)59(48(6)64(76)86-56)87-57-41-69(9,81-12)62(75)49(7)85-57)89-65-60(88-67(78)83-43-51-31-21-15-22-32-51)55(39-45(3)84-65)73(11)66(77)82-42-50-29-19-14-20-30-50/h14-38,44-49,55-57,59-63,65,74-75,79-80H,13,39-43H2,1-12H3/b72-58+/t44-,45-,46+,47+,48-,49+,55+,56-,57+,59+,60-,61-,62+,63-,65+,68-,69-,70-/m1/s1. The topological polar surface area (TPSA) is 240 Å². The molecular formula is C71H92N2O17. The molecule has 90 heavy (non-hydrogen) atoms. The number of carbonyl (C=O) groups is 3. The van der Waals surface area contributed by atoms with E-state index in [1.807, 2.05) is 134 Å². The number of nitrogens with zero attached hydrogens (tertiary/aromatic N) is 2. The van der Waals surface area contributed by atoms with Crippen molar-refractivity contribution in [1.29, 1.82) is 0 Å². The van der Waals surface area contributed by atoms with Crippen molar-refractivity contribution >= 4 is 23.9 Å². The van der Waals surface area contributed by atoms with Gasteiger partial charge in [0.1, 0.15) is 31.0 Å². The van der Waals surface area contributed by atoms with Crippen LogP contribution in [0.1, 0.15) is 123 Å². The molecule has 19 heteroatoms. The molecule has 3 aliphatic rings. The fourth-order valence-electron chi connectivity index (χ4n) is 13.2. The quantitative estimate of drug-likeness (QED) is 0.0293. The number of benzene rings is 5. The highest BCUT2D eigenvalue weighted by Crippen LogP contribution is 2.44. The molecular weight excluding hydrogens is 1150 g/mol. The lowest BCUT2D eigenvalue weighted by Crippen LogP contribution is -2.62. The summed E-state index contributed by atoms with van der Waals surface area (Å²) < 4.78 is 57.3. The van der Waals surface area contributed by atoms with Crippen LogP contribution in [0.2, 0.25) is 0 Å². The van der Waals surface area contributed by atoms with Gasteiger partial charge in [0.05, 0.1) is 59.4 Å². The molecule has 3 saturated heterocycles. The molecule has 0 radical (unpaired) electrons. The van der Waals surface area contributed by atoms with Gasteiger partial charge in [-0.05, 0) is 71.9 Å². The van der Waals surface area contributed by atoms with Crippen LogP contribution in [0.25, 0.3) is 0 Å². The van der Waals surface area contributed by atoms with Crippen LogP contribution in [-0.2, 0) is 71.1 Å². The van der Waals surface area contributed by atoms with Gasteiger partial charge in [-0.1, -0.05) is 185 Å². The van der Waals surface area contributed by atoms with E-state index in [0.717, 1.165) is 22.3 Å². The lowest BCUT2D eigenvalue weighted by Gasteiger charge is -2.49. The first-order valence-electron chi connectivity index (χ1n) is 31.3. The van der Waals surface area contributed by atoms with E-state index in [2.05, 4.69) is 0 Å². The van der Waals surface area contributed by atoms with Gasteiger partial charge in [-0.25, -0.2) is 9.59 Å². The Balaban J connectivity index is 1.28. The van der Waals surface area contributed by atoms with Gasteiger partial charge in [-0.3, -0.25) is 4.79 Å². The van der Waals surface area contributed by atoms with Crippen LogP contribution < -0.4 is 0 Å². The van der Waals surface area contributed by atoms with E-state index in [1.54, 1.807) is 79.7 Å². The van der Waals surface area contributed by atoms with Gasteiger partial charge >= 0.3 is 18.2 Å². The van der Waals surface area contributed by atoms with Crippen molar-refractivity contribution < 1.29 is 82.3 Å². The van der Waals surface area contributed by atoms with Crippen molar-refractivity contribution in [3.05, 3.63) is 179 Å². The average molecular weight is 1250 g/mol. The van der Waals surface area contributed by atoms with Crippen LogP contribution >= 0.6 is 0 Å². The molecule has 0 spiro atoms. The summed E-state index contributed by atoms with van der Waals surface area (Å²) in [5.41, 5.74) is -2.97. The molecule has 0 aliphatic carbocycles. The van der Waals surface area contributed by atoms with Crippen LogP contribution in [0.5, 0.6) is 0 Å². The van der Waals surface area contributed by atoms with Gasteiger partial charge in [-0.15, -0.1) is 0 Å². The molecule has 0 bridgehead atoms. The van der Waals surface area contributed by atoms with Crippen LogP contribution in [0.3, 0.4) is 0 Å². The Bertz CT molecular complexity index is 3010. The number of hydrogen-bond donors (Lipinski definition) is 4. The smallest absolute Gasteiger partial charge is 0.459 e. The average Bonchev–Trinajstić information content (AvgIpc) is 0.863. The van der Waals surface area contributed by atoms with Crippen molar-refractivity contribution in [2.24, 2.45) is 28.8 Å². The third kappa shape index (κ3) is 15.7. The number of ether oxygens (including phenoxy) is 9. The summed E-state index contributed by atoms with van der Waals surface area (Å²) in [7, 11) is 2.99. The number of amides is 1. The summed E-state index contributed by atoms with van der Waals surface area (Å²) in [6.45, 7) is 16.5. The molecule has 18 atom stereocenters. The maximum Gasteiger partial charge on any atom is 0.509 e. The van der Waals surface area contributed by atoms with Gasteiger partial charge in [0.2, 0.25) is 5.60 Å². The molecule has 1 amide bonds. The van der Waals surface area contributed by atoms with Crippen LogP contribution in [0.4, 0.5) is 9.59 Å². The minimum atomic E-state index is -2.12. The molecule has 19 nitrogen and oxygen atoms in total. The van der Waals surface area contributed by atoms with Crippen LogP contribution in [0, 0.1) is 23.7 Å². The van der Waals surface area contributed by atoms with E-state index in [4.69, 9.17) is 52.6 Å². The predicted octanol–water partition coefficient (Wildman–Crippen LogP) is 10.6. The maximum atomic E-state index is 15.1. The molecule has 4 N–H and O–H groups in total. The summed E-state index contributed by atoms with van der Waals surface area (Å²) in [6, 6.07) is 46.0. The number of esters is 1. The van der Waals surface area contributed by atoms with E-state index in [0.29, 0.717) is 5.56 Å². The van der Waals surface area contributed by atoms with Gasteiger partial charge in [0.15, 0.2) is 18.7 Å². The summed E-state index contributed by atoms with van der Waals surface area (Å²) in [5.74, 6) is -5.08. The fourth-order valence-corrected chi connectivity index (χ4v) is 13.2. The van der Waals surface area contributed by atoms with Gasteiger partial charge < -0.3 is 72.8 Å². The highest BCUT2D eigenvalue weighted by atomic mass is 16.8. The number of aliphatic hydroxyl groups is 4. The molecule has 3 fully saturated rings. The summed E-state index contributed by atoms with van der Waals surface area (Å²) >= 11 is 0. The van der Waals surface area contributed by atoms with E-state index < -0.39 is 132 Å². The first-order chi connectivity index (χ1) is 42.8. The second kappa shape index (κ2) is 30.1. The summed E-state index contributed by atoms with van der Waals surface area (Å²) in [6.07, 6.45) is -14.4. The minimum absolute atomic E-state index is 0.00970. The molecule has 0 unspecified atom stereocenters. The highest BCUT2D eigenvalue weighted by molar-refractivity contribution is 5.89. The fraction of sp³-hybridized carbons (Fsp3) is 0.521. The lowest BCUT2D eigenvalue weighted by atomic mass is 9.73. The Morgan fingerprint density at radius 2 is 1.19 bits per heavy atom. The molecule has 8 rings (SSSR count). The first kappa shape index (κ1) is 69.1. The number of aliphatic hydroxyl groups excluding tert-OH is 2. The number of likely N-dealkylation sites (N-methyl/N-ethyl adjacent to an activating group) is 1. The van der Waals surface area contributed by atoms with Crippen molar-refractivity contribution in [3.8, 4) is 0 Å². The van der Waals surface area contributed by atoms with E-state index in [1.165, 1.54) is 26.0 Å². The van der Waals surface area contributed by atoms with Gasteiger partial charge in [-0.2, -0.15) is 0 Å². The lowest BCUT2D eigenvalue weighted by molar-refractivity contribution is -0.318. The number of cyclic esters (lactones) is 1.